The lowest BCUT2D eigenvalue weighted by Crippen LogP contribution is -2.11. The van der Waals surface area contributed by atoms with Crippen LogP contribution in [0.3, 0.4) is 0 Å². The summed E-state index contributed by atoms with van der Waals surface area (Å²) in [6.07, 6.45) is 7.06. The lowest BCUT2D eigenvalue weighted by Gasteiger charge is -2.07. The van der Waals surface area contributed by atoms with Crippen LogP contribution in [0.1, 0.15) is 0 Å². The fourth-order valence-corrected chi connectivity index (χ4v) is 2.72. The Morgan fingerprint density at radius 3 is 2.88 bits per heavy atom. The van der Waals surface area contributed by atoms with E-state index >= 15 is 0 Å². The van der Waals surface area contributed by atoms with Gasteiger partial charge in [-0.3, -0.25) is 14.0 Å². The minimum atomic E-state index is -0.191. The van der Waals surface area contributed by atoms with E-state index in [9.17, 15) is 4.79 Å². The highest BCUT2D eigenvalue weighted by atomic mass is 16.5. The largest absolute Gasteiger partial charge is 0.497 e. The molecule has 4 aromatic rings. The highest BCUT2D eigenvalue weighted by molar-refractivity contribution is 5.83. The summed E-state index contributed by atoms with van der Waals surface area (Å²) in [4.78, 5) is 19.8. The number of ether oxygens (including phenoxy) is 1. The van der Waals surface area contributed by atoms with E-state index < -0.39 is 0 Å². The van der Waals surface area contributed by atoms with Crippen molar-refractivity contribution in [1.82, 2.24) is 24.3 Å². The molecule has 0 aliphatic heterocycles. The molecule has 0 aliphatic carbocycles. The second-order valence-electron chi connectivity index (χ2n) is 5.46. The molecule has 7 nitrogen and oxygen atoms in total. The van der Waals surface area contributed by atoms with Gasteiger partial charge in [0.15, 0.2) is 0 Å². The molecule has 24 heavy (non-hydrogen) atoms. The number of imidazole rings is 1. The van der Waals surface area contributed by atoms with Crippen LogP contribution in [0.5, 0.6) is 5.75 Å². The Morgan fingerprint density at radius 1 is 1.25 bits per heavy atom. The van der Waals surface area contributed by atoms with Gasteiger partial charge in [0.1, 0.15) is 11.6 Å². The van der Waals surface area contributed by atoms with Gasteiger partial charge in [-0.2, -0.15) is 5.10 Å². The molecule has 0 atom stereocenters. The van der Waals surface area contributed by atoms with Crippen molar-refractivity contribution in [2.75, 3.05) is 7.11 Å². The molecule has 0 bridgehead atoms. The van der Waals surface area contributed by atoms with Gasteiger partial charge in [-0.1, -0.05) is 0 Å². The molecular weight excluding hydrogens is 306 g/mol. The van der Waals surface area contributed by atoms with Gasteiger partial charge < -0.3 is 9.72 Å². The molecule has 3 aromatic heterocycles. The molecule has 0 fully saturated rings. The van der Waals surface area contributed by atoms with Gasteiger partial charge in [-0.25, -0.2) is 4.98 Å². The third-order valence-corrected chi connectivity index (χ3v) is 3.90. The van der Waals surface area contributed by atoms with Crippen molar-refractivity contribution in [1.29, 1.82) is 0 Å². The van der Waals surface area contributed by atoms with Crippen molar-refractivity contribution in [2.24, 2.45) is 7.05 Å². The molecule has 0 radical (unpaired) electrons. The summed E-state index contributed by atoms with van der Waals surface area (Å²) < 4.78 is 8.79. The van der Waals surface area contributed by atoms with Crippen LogP contribution in [-0.4, -0.2) is 31.4 Å². The number of rotatable bonds is 3. The monoisotopic (exact) mass is 321 g/mol. The van der Waals surface area contributed by atoms with Gasteiger partial charge in [0, 0.05) is 36.5 Å². The summed E-state index contributed by atoms with van der Waals surface area (Å²) in [7, 11) is 3.46. The van der Waals surface area contributed by atoms with Crippen LogP contribution in [-0.2, 0) is 7.05 Å². The molecule has 4 rings (SSSR count). The molecule has 0 spiro atoms. The normalized spacial score (nSPS) is 11.1. The topological polar surface area (TPSA) is 77.7 Å². The Morgan fingerprint density at radius 2 is 2.12 bits per heavy atom. The van der Waals surface area contributed by atoms with Crippen LogP contribution in [0, 0.1) is 0 Å². The SMILES string of the molecule is COc1ccc2[nH]c(=O)c(-c3nccn3-c3cnn(C)c3)cc2c1. The van der Waals surface area contributed by atoms with Crippen molar-refractivity contribution in [2.45, 2.75) is 0 Å². The minimum Gasteiger partial charge on any atom is -0.497 e. The van der Waals surface area contributed by atoms with Crippen LogP contribution >= 0.6 is 0 Å². The van der Waals surface area contributed by atoms with Gasteiger partial charge in [0.25, 0.3) is 5.56 Å². The number of aromatic amines is 1. The number of benzene rings is 1. The first-order chi connectivity index (χ1) is 11.7. The van der Waals surface area contributed by atoms with E-state index in [-0.39, 0.29) is 5.56 Å². The summed E-state index contributed by atoms with van der Waals surface area (Å²) in [5, 5.41) is 5.05. The lowest BCUT2D eigenvalue weighted by atomic mass is 10.1. The van der Waals surface area contributed by atoms with Gasteiger partial charge >= 0.3 is 0 Å². The van der Waals surface area contributed by atoms with Crippen molar-refractivity contribution in [3.63, 3.8) is 0 Å². The second-order valence-corrected chi connectivity index (χ2v) is 5.46. The van der Waals surface area contributed by atoms with Crippen LogP contribution in [0.25, 0.3) is 28.0 Å². The number of aryl methyl sites for hydroxylation is 1. The average molecular weight is 321 g/mol. The van der Waals surface area contributed by atoms with E-state index in [1.807, 2.05) is 48.3 Å². The van der Waals surface area contributed by atoms with Crippen molar-refractivity contribution in [3.8, 4) is 22.8 Å². The number of methoxy groups -OCH3 is 1. The highest BCUT2D eigenvalue weighted by Gasteiger charge is 2.14. The van der Waals surface area contributed by atoms with Crippen LogP contribution < -0.4 is 10.3 Å². The predicted molar refractivity (Wildman–Crippen MR) is 90.4 cm³/mol. The van der Waals surface area contributed by atoms with E-state index in [0.29, 0.717) is 11.4 Å². The second kappa shape index (κ2) is 5.38. The number of H-pyrrole nitrogens is 1. The van der Waals surface area contributed by atoms with Crippen LogP contribution in [0.15, 0.2) is 53.8 Å². The summed E-state index contributed by atoms with van der Waals surface area (Å²) in [6.45, 7) is 0. The van der Waals surface area contributed by atoms with E-state index in [1.54, 1.807) is 24.2 Å². The average Bonchev–Trinajstić information content (AvgIpc) is 3.22. The Kier molecular flexibility index (Phi) is 3.19. The fourth-order valence-electron chi connectivity index (χ4n) is 2.72. The Balaban J connectivity index is 1.92. The Bertz CT molecular complexity index is 1090. The number of hydrogen-bond donors (Lipinski definition) is 1. The standard InChI is InChI=1S/C17H15N5O2/c1-21-10-12(9-19-21)22-6-5-18-16(22)14-8-11-7-13(24-2)3-4-15(11)20-17(14)23/h3-10H,1-2H3,(H,20,23). The first-order valence-corrected chi connectivity index (χ1v) is 7.39. The maximum absolute atomic E-state index is 12.5. The minimum absolute atomic E-state index is 0.191. The zero-order valence-electron chi connectivity index (χ0n) is 13.2. The van der Waals surface area contributed by atoms with Crippen molar-refractivity contribution in [3.05, 3.63) is 59.4 Å². The molecule has 0 saturated heterocycles. The Labute approximate surface area is 137 Å². The summed E-state index contributed by atoms with van der Waals surface area (Å²) in [5.41, 5.74) is 1.90. The molecular formula is C17H15N5O2. The van der Waals surface area contributed by atoms with Gasteiger partial charge in [-0.05, 0) is 24.3 Å². The number of fused-ring (bicyclic) bond motifs is 1. The van der Waals surface area contributed by atoms with Crippen LogP contribution in [0.4, 0.5) is 0 Å². The first-order valence-electron chi connectivity index (χ1n) is 7.39. The van der Waals surface area contributed by atoms with E-state index in [1.165, 1.54) is 0 Å². The zero-order valence-corrected chi connectivity index (χ0v) is 13.2. The van der Waals surface area contributed by atoms with Crippen LogP contribution in [0.2, 0.25) is 0 Å². The van der Waals surface area contributed by atoms with Crippen molar-refractivity contribution < 1.29 is 4.74 Å². The third-order valence-electron chi connectivity index (χ3n) is 3.90. The zero-order chi connectivity index (χ0) is 16.7. The molecule has 0 unspecified atom stereocenters. The van der Waals surface area contributed by atoms with Gasteiger partial charge in [0.05, 0.1) is 24.6 Å². The number of aromatic nitrogens is 5. The summed E-state index contributed by atoms with van der Waals surface area (Å²) in [5.74, 6) is 1.30. The fraction of sp³-hybridized carbons (Fsp3) is 0.118. The number of nitrogens with zero attached hydrogens (tertiary/aromatic N) is 4. The maximum atomic E-state index is 12.5. The number of hydrogen-bond acceptors (Lipinski definition) is 4. The lowest BCUT2D eigenvalue weighted by molar-refractivity contribution is 0.415. The Hall–Kier alpha value is -3.35. The van der Waals surface area contributed by atoms with E-state index in [0.717, 1.165) is 22.3 Å². The molecule has 120 valence electrons. The maximum Gasteiger partial charge on any atom is 0.259 e. The van der Waals surface area contributed by atoms with E-state index in [2.05, 4.69) is 15.1 Å². The molecule has 1 N–H and O–H groups in total. The molecule has 7 heteroatoms. The highest BCUT2D eigenvalue weighted by Crippen LogP contribution is 2.23. The summed E-state index contributed by atoms with van der Waals surface area (Å²) in [6, 6.07) is 7.35. The van der Waals surface area contributed by atoms with E-state index in [4.69, 9.17) is 4.74 Å². The van der Waals surface area contributed by atoms with Gasteiger partial charge in [-0.15, -0.1) is 0 Å². The van der Waals surface area contributed by atoms with Crippen molar-refractivity contribution >= 4 is 10.9 Å². The number of nitrogens with one attached hydrogen (secondary N) is 1. The smallest absolute Gasteiger partial charge is 0.259 e. The quantitative estimate of drug-likeness (QED) is 0.627. The molecule has 0 amide bonds. The molecule has 3 heterocycles. The van der Waals surface area contributed by atoms with Gasteiger partial charge in [0.2, 0.25) is 0 Å². The predicted octanol–water partition coefficient (Wildman–Crippen LogP) is 2.12. The molecule has 0 aliphatic rings. The molecule has 1 aromatic carbocycles. The first kappa shape index (κ1) is 14.3. The molecule has 0 saturated carbocycles. The summed E-state index contributed by atoms with van der Waals surface area (Å²) >= 11 is 0. The third kappa shape index (κ3) is 2.26. The number of pyridine rings is 1.